The van der Waals surface area contributed by atoms with Gasteiger partial charge in [-0.05, 0) is 42.5 Å². The van der Waals surface area contributed by atoms with E-state index >= 15 is 0 Å². The summed E-state index contributed by atoms with van der Waals surface area (Å²) in [6.07, 6.45) is 5.05. The number of ether oxygens (including phenoxy) is 1. The zero-order valence-electron chi connectivity index (χ0n) is 18.3. The summed E-state index contributed by atoms with van der Waals surface area (Å²) < 4.78 is 8.15. The minimum absolute atomic E-state index is 0.135. The van der Waals surface area contributed by atoms with E-state index in [1.807, 2.05) is 42.1 Å². The Morgan fingerprint density at radius 2 is 1.87 bits per heavy atom. The van der Waals surface area contributed by atoms with Crippen molar-refractivity contribution in [3.63, 3.8) is 0 Å². The van der Waals surface area contributed by atoms with Crippen molar-refractivity contribution >= 4 is 22.8 Å². The molecule has 5 rings (SSSR count). The highest BCUT2D eigenvalue weighted by molar-refractivity contribution is 6.15. The lowest BCUT2D eigenvalue weighted by atomic mass is 9.91. The molecule has 0 saturated carbocycles. The number of piperidine rings is 1. The first-order chi connectivity index (χ1) is 14.9. The monoisotopic (exact) mass is 416 g/mol. The van der Waals surface area contributed by atoms with E-state index in [1.54, 1.807) is 12.1 Å². The van der Waals surface area contributed by atoms with Crippen LogP contribution in [0.25, 0.3) is 17.0 Å². The molecule has 1 N–H and O–H groups in total. The Balaban J connectivity index is 1.49. The summed E-state index contributed by atoms with van der Waals surface area (Å²) in [4.78, 5) is 15.5. The molecule has 3 heterocycles. The number of nitrogens with zero attached hydrogens (tertiary/aromatic N) is 2. The molecule has 2 aliphatic heterocycles. The van der Waals surface area contributed by atoms with Gasteiger partial charge in [-0.25, -0.2) is 0 Å². The molecule has 160 valence electrons. The smallest absolute Gasteiger partial charge is 0.231 e. The number of rotatable bonds is 3. The van der Waals surface area contributed by atoms with Crippen LogP contribution in [0.3, 0.4) is 0 Å². The molecule has 2 atom stereocenters. The van der Waals surface area contributed by atoms with E-state index in [2.05, 4.69) is 24.8 Å². The van der Waals surface area contributed by atoms with Gasteiger partial charge in [-0.2, -0.15) is 0 Å². The molecule has 5 nitrogen and oxygen atoms in total. The van der Waals surface area contributed by atoms with Gasteiger partial charge in [0.25, 0.3) is 0 Å². The maximum Gasteiger partial charge on any atom is 0.231 e. The molecule has 31 heavy (non-hydrogen) atoms. The summed E-state index contributed by atoms with van der Waals surface area (Å²) in [6, 6.07) is 11.4. The maximum atomic E-state index is 13.1. The number of aromatic nitrogens is 1. The van der Waals surface area contributed by atoms with Crippen LogP contribution in [-0.4, -0.2) is 33.4 Å². The van der Waals surface area contributed by atoms with Crippen molar-refractivity contribution in [1.82, 2.24) is 9.47 Å². The number of allylic oxidation sites excluding steroid dienone is 1. The number of phenolic OH excluding ortho intramolecular Hbond substituents is 1. The number of hydrogen-bond acceptors (Lipinski definition) is 4. The molecule has 0 radical (unpaired) electrons. The van der Waals surface area contributed by atoms with E-state index in [4.69, 9.17) is 4.74 Å². The number of Topliss-reactive ketones (excluding diaryl/α,β-unsaturated/α-hetero) is 1. The van der Waals surface area contributed by atoms with E-state index in [0.29, 0.717) is 41.0 Å². The van der Waals surface area contributed by atoms with Crippen LogP contribution in [0.1, 0.15) is 41.8 Å². The number of hydrogen-bond donors (Lipinski definition) is 1. The van der Waals surface area contributed by atoms with Gasteiger partial charge in [0.05, 0.1) is 11.1 Å². The summed E-state index contributed by atoms with van der Waals surface area (Å²) in [6.45, 7) is 7.09. The van der Waals surface area contributed by atoms with Crippen molar-refractivity contribution in [2.24, 2.45) is 18.9 Å². The summed E-state index contributed by atoms with van der Waals surface area (Å²) in [5, 5.41) is 11.7. The van der Waals surface area contributed by atoms with Crippen molar-refractivity contribution < 1.29 is 14.6 Å². The highest BCUT2D eigenvalue weighted by Crippen LogP contribution is 2.41. The van der Waals surface area contributed by atoms with Crippen LogP contribution in [-0.2, 0) is 13.6 Å². The molecule has 0 spiro atoms. The third-order valence-corrected chi connectivity index (χ3v) is 6.46. The van der Waals surface area contributed by atoms with E-state index in [1.165, 1.54) is 6.42 Å². The van der Waals surface area contributed by atoms with Crippen LogP contribution in [0.15, 0.2) is 48.4 Å². The molecule has 0 unspecified atom stereocenters. The van der Waals surface area contributed by atoms with E-state index in [9.17, 15) is 9.90 Å². The summed E-state index contributed by atoms with van der Waals surface area (Å²) in [5.74, 6) is 2.09. The number of phenols is 1. The van der Waals surface area contributed by atoms with E-state index in [-0.39, 0.29) is 11.5 Å². The average molecular weight is 417 g/mol. The SMILES string of the molecule is C[C@@H]1C[C@H](C)CN(Cc2c(O)ccc3c2OC(=Cc2cn(C)c4ccccc24)C3=O)C1. The van der Waals surface area contributed by atoms with Crippen molar-refractivity contribution in [2.45, 2.75) is 26.8 Å². The van der Waals surface area contributed by atoms with Gasteiger partial charge in [-0.3, -0.25) is 9.69 Å². The number of para-hydroxylation sites is 1. The largest absolute Gasteiger partial charge is 0.507 e. The molecule has 0 amide bonds. The Morgan fingerprint density at radius 3 is 2.65 bits per heavy atom. The Bertz CT molecular complexity index is 1200. The second-order valence-corrected chi connectivity index (χ2v) is 9.23. The van der Waals surface area contributed by atoms with Gasteiger partial charge in [0.2, 0.25) is 5.78 Å². The van der Waals surface area contributed by atoms with Crippen molar-refractivity contribution in [1.29, 1.82) is 0 Å². The summed E-state index contributed by atoms with van der Waals surface area (Å²) >= 11 is 0. The standard InChI is InChI=1S/C26H28N2O3/c1-16-10-17(2)13-28(12-16)15-21-23(29)9-8-20-25(30)24(31-26(20)21)11-18-14-27(3)22-7-5-4-6-19(18)22/h4-9,11,14,16-17,29H,10,12-13,15H2,1-3H3/t16-,17+. The van der Waals surface area contributed by atoms with Crippen LogP contribution in [0.4, 0.5) is 0 Å². The Hall–Kier alpha value is -3.05. The zero-order valence-corrected chi connectivity index (χ0v) is 18.3. The minimum atomic E-state index is -0.135. The van der Waals surface area contributed by atoms with Gasteiger partial charge in [-0.15, -0.1) is 0 Å². The Morgan fingerprint density at radius 1 is 1.13 bits per heavy atom. The Kier molecular flexibility index (Phi) is 4.86. The normalized spacial score (nSPS) is 22.8. The lowest BCUT2D eigenvalue weighted by molar-refractivity contribution is 0.101. The second-order valence-electron chi connectivity index (χ2n) is 9.23. The number of likely N-dealkylation sites (tertiary alicyclic amines) is 1. The molecular formula is C26H28N2O3. The number of carbonyl (C=O) groups excluding carboxylic acids is 1. The second kappa shape index (κ2) is 7.57. The molecule has 2 aliphatic rings. The van der Waals surface area contributed by atoms with Crippen LogP contribution in [0, 0.1) is 11.8 Å². The first-order valence-corrected chi connectivity index (χ1v) is 11.0. The highest BCUT2D eigenvalue weighted by atomic mass is 16.5. The lowest BCUT2D eigenvalue weighted by Crippen LogP contribution is -2.38. The first-order valence-electron chi connectivity index (χ1n) is 11.0. The van der Waals surface area contributed by atoms with Crippen molar-refractivity contribution in [2.75, 3.05) is 13.1 Å². The number of aromatic hydroxyl groups is 1. The van der Waals surface area contributed by atoms with Crippen molar-refractivity contribution in [3.8, 4) is 11.5 Å². The van der Waals surface area contributed by atoms with Gasteiger partial charge >= 0.3 is 0 Å². The quantitative estimate of drug-likeness (QED) is 0.612. The van der Waals surface area contributed by atoms with E-state index < -0.39 is 0 Å². The Labute approximate surface area is 182 Å². The number of carbonyl (C=O) groups is 1. The van der Waals surface area contributed by atoms with E-state index in [0.717, 1.165) is 29.6 Å². The number of benzene rings is 2. The van der Waals surface area contributed by atoms with Gasteiger partial charge < -0.3 is 14.4 Å². The predicted molar refractivity (Wildman–Crippen MR) is 122 cm³/mol. The first kappa shape index (κ1) is 19.9. The molecule has 0 bridgehead atoms. The maximum absolute atomic E-state index is 13.1. The average Bonchev–Trinajstić information content (AvgIpc) is 3.21. The molecule has 1 fully saturated rings. The fourth-order valence-corrected chi connectivity index (χ4v) is 5.22. The van der Waals surface area contributed by atoms with Gasteiger partial charge in [0.15, 0.2) is 5.76 Å². The highest BCUT2D eigenvalue weighted by Gasteiger charge is 2.33. The molecule has 1 saturated heterocycles. The third-order valence-electron chi connectivity index (χ3n) is 6.46. The van der Waals surface area contributed by atoms with Gasteiger partial charge in [0, 0.05) is 49.3 Å². The molecule has 1 aromatic heterocycles. The van der Waals surface area contributed by atoms with Crippen molar-refractivity contribution in [3.05, 3.63) is 65.0 Å². The van der Waals surface area contributed by atoms with Gasteiger partial charge in [0.1, 0.15) is 11.5 Å². The number of fused-ring (bicyclic) bond motifs is 2. The molecular weight excluding hydrogens is 388 g/mol. The van der Waals surface area contributed by atoms with Crippen LogP contribution >= 0.6 is 0 Å². The molecule has 3 aromatic rings. The third kappa shape index (κ3) is 3.53. The summed E-state index contributed by atoms with van der Waals surface area (Å²) in [7, 11) is 1.99. The fourth-order valence-electron chi connectivity index (χ4n) is 5.22. The molecule has 0 aliphatic carbocycles. The van der Waals surface area contributed by atoms with Gasteiger partial charge in [-0.1, -0.05) is 32.0 Å². The fraction of sp³-hybridized carbons (Fsp3) is 0.346. The lowest BCUT2D eigenvalue weighted by Gasteiger charge is -2.35. The number of ketones is 1. The zero-order chi connectivity index (χ0) is 21.7. The predicted octanol–water partition coefficient (Wildman–Crippen LogP) is 4.98. The number of aryl methyl sites for hydroxylation is 1. The van der Waals surface area contributed by atoms with Crippen LogP contribution < -0.4 is 4.74 Å². The molecule has 2 aromatic carbocycles. The topological polar surface area (TPSA) is 54.7 Å². The van der Waals surface area contributed by atoms with Crippen LogP contribution in [0.2, 0.25) is 0 Å². The minimum Gasteiger partial charge on any atom is -0.507 e. The van der Waals surface area contributed by atoms with Crippen LogP contribution in [0.5, 0.6) is 11.5 Å². The molecule has 5 heteroatoms. The summed E-state index contributed by atoms with van der Waals surface area (Å²) in [5.41, 5.74) is 3.27.